The lowest BCUT2D eigenvalue weighted by molar-refractivity contribution is 0.113. The number of piperidine rings is 1. The van der Waals surface area contributed by atoms with Crippen LogP contribution < -0.4 is 5.32 Å². The molecule has 0 unspecified atom stereocenters. The summed E-state index contributed by atoms with van der Waals surface area (Å²) in [5, 5.41) is 12.7. The van der Waals surface area contributed by atoms with Gasteiger partial charge in [-0.25, -0.2) is 4.99 Å². The van der Waals surface area contributed by atoms with Crippen molar-refractivity contribution in [3.63, 3.8) is 0 Å². The van der Waals surface area contributed by atoms with E-state index in [4.69, 9.17) is 0 Å². The summed E-state index contributed by atoms with van der Waals surface area (Å²) in [4.78, 5) is 6.74. The van der Waals surface area contributed by atoms with E-state index in [0.29, 0.717) is 18.4 Å². The highest BCUT2D eigenvalue weighted by Crippen LogP contribution is 2.27. The Balaban J connectivity index is 2.40. The lowest BCUT2D eigenvalue weighted by Crippen LogP contribution is -2.34. The van der Waals surface area contributed by atoms with Crippen LogP contribution in [0.3, 0.4) is 0 Å². The van der Waals surface area contributed by atoms with E-state index >= 15 is 0 Å². The van der Waals surface area contributed by atoms with Crippen molar-refractivity contribution in [1.29, 1.82) is 0 Å². The summed E-state index contributed by atoms with van der Waals surface area (Å²) in [6.45, 7) is 4.73. The molecule has 4 nitrogen and oxygen atoms in total. The second kappa shape index (κ2) is 9.94. The van der Waals surface area contributed by atoms with E-state index < -0.39 is 0 Å². The van der Waals surface area contributed by atoms with Gasteiger partial charge in [0.15, 0.2) is 0 Å². The van der Waals surface area contributed by atoms with E-state index in [-0.39, 0.29) is 0 Å². The molecular formula is C16H31N3O. The zero-order chi connectivity index (χ0) is 14.8. The van der Waals surface area contributed by atoms with Crippen molar-refractivity contribution in [2.45, 2.75) is 39.0 Å². The maximum atomic E-state index is 9.63. The van der Waals surface area contributed by atoms with Crippen molar-refractivity contribution < 1.29 is 5.11 Å². The van der Waals surface area contributed by atoms with Crippen LogP contribution in [0, 0.1) is 11.8 Å². The van der Waals surface area contributed by atoms with Crippen molar-refractivity contribution in [2.24, 2.45) is 16.8 Å². The minimum Gasteiger partial charge on any atom is -0.396 e. The molecule has 1 aliphatic rings. The van der Waals surface area contributed by atoms with Crippen LogP contribution in [0.2, 0.25) is 0 Å². The zero-order valence-corrected chi connectivity index (χ0v) is 13.3. The van der Waals surface area contributed by atoms with Gasteiger partial charge in [-0.1, -0.05) is 6.92 Å². The molecule has 0 spiro atoms. The second-order valence-electron chi connectivity index (χ2n) is 5.72. The lowest BCUT2D eigenvalue weighted by atomic mass is 9.82. The number of nitrogens with one attached hydrogen (secondary N) is 1. The third kappa shape index (κ3) is 6.06. The van der Waals surface area contributed by atoms with E-state index in [2.05, 4.69) is 35.3 Å². The molecule has 20 heavy (non-hydrogen) atoms. The van der Waals surface area contributed by atoms with E-state index in [1.54, 1.807) is 0 Å². The van der Waals surface area contributed by atoms with Gasteiger partial charge in [0.25, 0.3) is 0 Å². The molecule has 1 aliphatic heterocycles. The number of hydrogen-bond acceptors (Lipinski definition) is 4. The fourth-order valence-corrected chi connectivity index (χ4v) is 2.82. The molecular weight excluding hydrogens is 250 g/mol. The highest BCUT2D eigenvalue weighted by atomic mass is 16.3. The SMILES string of the molecule is CCC=N/C(=C\CC[C@@H](CO)C1CCN(C)CC1)NC. The summed E-state index contributed by atoms with van der Waals surface area (Å²) < 4.78 is 0. The van der Waals surface area contributed by atoms with Gasteiger partial charge in [0, 0.05) is 19.9 Å². The third-order valence-electron chi connectivity index (χ3n) is 4.21. The molecule has 0 aromatic rings. The molecule has 0 radical (unpaired) electrons. The molecule has 0 saturated carbocycles. The first-order valence-corrected chi connectivity index (χ1v) is 7.91. The van der Waals surface area contributed by atoms with Crippen LogP contribution in [0.15, 0.2) is 16.9 Å². The van der Waals surface area contributed by atoms with E-state index in [0.717, 1.165) is 25.1 Å². The Bertz CT molecular complexity index is 307. The first kappa shape index (κ1) is 17.2. The Labute approximate surface area is 124 Å². The molecule has 0 aromatic carbocycles. The number of allylic oxidation sites excluding steroid dienone is 1. The average molecular weight is 281 g/mol. The number of aliphatic imine (C=N–C) groups is 1. The summed E-state index contributed by atoms with van der Waals surface area (Å²) in [5.74, 6) is 2.06. The minimum atomic E-state index is 0.315. The Hall–Kier alpha value is -0.870. The second-order valence-corrected chi connectivity index (χ2v) is 5.72. The lowest BCUT2D eigenvalue weighted by Gasteiger charge is -2.33. The summed E-state index contributed by atoms with van der Waals surface area (Å²) in [7, 11) is 4.08. The molecule has 0 bridgehead atoms. The number of aliphatic hydroxyl groups excluding tert-OH is 1. The molecule has 2 N–H and O–H groups in total. The van der Waals surface area contributed by atoms with Crippen molar-refractivity contribution in [2.75, 3.05) is 33.8 Å². The van der Waals surface area contributed by atoms with Gasteiger partial charge in [0.2, 0.25) is 0 Å². The predicted molar refractivity (Wildman–Crippen MR) is 86.0 cm³/mol. The van der Waals surface area contributed by atoms with Crippen LogP contribution in [0.4, 0.5) is 0 Å². The Morgan fingerprint density at radius 2 is 2.15 bits per heavy atom. The van der Waals surface area contributed by atoms with E-state index in [1.807, 2.05) is 13.3 Å². The molecule has 0 aliphatic carbocycles. The van der Waals surface area contributed by atoms with Crippen molar-refractivity contribution in [3.8, 4) is 0 Å². The van der Waals surface area contributed by atoms with E-state index in [9.17, 15) is 5.11 Å². The van der Waals surface area contributed by atoms with Crippen molar-refractivity contribution in [3.05, 3.63) is 11.9 Å². The fraction of sp³-hybridized carbons (Fsp3) is 0.812. The highest BCUT2D eigenvalue weighted by molar-refractivity contribution is 5.58. The number of hydrogen-bond donors (Lipinski definition) is 2. The van der Waals surface area contributed by atoms with Crippen LogP contribution in [0.5, 0.6) is 0 Å². The van der Waals surface area contributed by atoms with Crippen LogP contribution in [0.25, 0.3) is 0 Å². The first-order chi connectivity index (χ1) is 9.71. The maximum Gasteiger partial charge on any atom is 0.121 e. The number of aliphatic hydroxyl groups is 1. The molecule has 0 amide bonds. The Morgan fingerprint density at radius 1 is 1.45 bits per heavy atom. The molecule has 1 heterocycles. The van der Waals surface area contributed by atoms with Gasteiger partial charge < -0.3 is 15.3 Å². The molecule has 1 rings (SSSR count). The quantitative estimate of drug-likeness (QED) is 0.671. The monoisotopic (exact) mass is 281 g/mol. The summed E-state index contributed by atoms with van der Waals surface area (Å²) in [6.07, 6.45) is 9.49. The van der Waals surface area contributed by atoms with Gasteiger partial charge in [-0.3, -0.25) is 0 Å². The van der Waals surface area contributed by atoms with Crippen LogP contribution in [-0.4, -0.2) is 50.0 Å². The molecule has 1 atom stereocenters. The van der Waals surface area contributed by atoms with Crippen LogP contribution in [0.1, 0.15) is 39.0 Å². The molecule has 116 valence electrons. The normalized spacial score (nSPS) is 20.5. The molecule has 4 heteroatoms. The number of nitrogens with zero attached hydrogens (tertiary/aromatic N) is 2. The summed E-state index contributed by atoms with van der Waals surface area (Å²) in [5.41, 5.74) is 0. The smallest absolute Gasteiger partial charge is 0.121 e. The van der Waals surface area contributed by atoms with Gasteiger partial charge in [-0.2, -0.15) is 0 Å². The van der Waals surface area contributed by atoms with Gasteiger partial charge in [-0.15, -0.1) is 0 Å². The van der Waals surface area contributed by atoms with Crippen LogP contribution in [-0.2, 0) is 0 Å². The molecule has 0 aromatic heterocycles. The maximum absolute atomic E-state index is 9.63. The topological polar surface area (TPSA) is 47.9 Å². The Morgan fingerprint density at radius 3 is 2.70 bits per heavy atom. The highest BCUT2D eigenvalue weighted by Gasteiger charge is 2.24. The summed E-state index contributed by atoms with van der Waals surface area (Å²) in [6, 6.07) is 0. The fourth-order valence-electron chi connectivity index (χ4n) is 2.82. The van der Waals surface area contributed by atoms with Crippen molar-refractivity contribution >= 4 is 6.21 Å². The third-order valence-corrected chi connectivity index (χ3v) is 4.21. The Kier molecular flexibility index (Phi) is 8.54. The van der Waals surface area contributed by atoms with Gasteiger partial charge >= 0.3 is 0 Å². The molecule has 1 saturated heterocycles. The van der Waals surface area contributed by atoms with Crippen LogP contribution >= 0.6 is 0 Å². The number of rotatable bonds is 8. The molecule has 1 fully saturated rings. The van der Waals surface area contributed by atoms with Gasteiger partial charge in [0.05, 0.1) is 0 Å². The minimum absolute atomic E-state index is 0.315. The number of likely N-dealkylation sites (tertiary alicyclic amines) is 1. The largest absolute Gasteiger partial charge is 0.396 e. The first-order valence-electron chi connectivity index (χ1n) is 7.91. The van der Waals surface area contributed by atoms with E-state index in [1.165, 1.54) is 25.9 Å². The van der Waals surface area contributed by atoms with Crippen molar-refractivity contribution in [1.82, 2.24) is 10.2 Å². The average Bonchev–Trinajstić information content (AvgIpc) is 2.48. The van der Waals surface area contributed by atoms with Gasteiger partial charge in [-0.05, 0) is 70.2 Å². The van der Waals surface area contributed by atoms with Gasteiger partial charge in [0.1, 0.15) is 5.82 Å². The zero-order valence-electron chi connectivity index (χ0n) is 13.3. The predicted octanol–water partition coefficient (Wildman–Crippen LogP) is 2.26. The standard InChI is InChI=1S/C16H31N3O/c1-4-10-18-16(17-2)7-5-6-15(13-20)14-8-11-19(3)12-9-14/h7,10,14-15,17,20H,4-6,8-9,11-13H2,1-3H3/b16-7-,18-10?/t15-/m0/s1. The summed E-state index contributed by atoms with van der Waals surface area (Å²) >= 11 is 0.